The van der Waals surface area contributed by atoms with Gasteiger partial charge in [0.15, 0.2) is 0 Å². The summed E-state index contributed by atoms with van der Waals surface area (Å²) in [5, 5.41) is 92.3. The quantitative estimate of drug-likeness (QED) is 0.0256. The number of nitrogens with two attached hydrogens (primary N) is 2. The summed E-state index contributed by atoms with van der Waals surface area (Å²) in [5.41, 5.74) is 12.5. The smallest absolute Gasteiger partial charge is 0.328 e. The van der Waals surface area contributed by atoms with Crippen LogP contribution >= 0.6 is 0 Å². The number of ether oxygens (including phenoxy) is 1. The van der Waals surface area contributed by atoms with Crippen LogP contribution in [0.3, 0.4) is 0 Å². The van der Waals surface area contributed by atoms with Gasteiger partial charge >= 0.3 is 11.9 Å². The standard InChI is InChI=1S/C72H104N14O21/c1-5-39(2)59-72(106)107-35-9-7-13-49(79-68(102)54(36-42-16-22-45(89)23-17-42)82-66(100)52(28-30-57(74)92)81-62(96)48-15-11-33-75-48)63(97)76-40(3)61(95)77-53(29-31-58(93)94)67(101)86-60(41(4)88)71(105)84-55(37-43-18-24-46(90)25-19-43)69(103)80-51(14-10-32-73)64(98)78-50(12-6-8-34-87)65(99)83-56(70(104)85-59)38-44-20-26-47(91)27-21-44/h16-27,39-41,48-56,59-60,75,87-91H,5-15,28-38,73H2,1-4H3,(H2,74,92)(H,76,97)(H,77,95)(H,78,98)(H,79,102)(H,80,103)(H,81,96)(H,82,100)(H,83,99)(H,84,105)(H,85,104)(H,86,101)(H,93,94)/t39-,40-,41+,48+,49+,50-,51+,52-,53-,54-,55+,56-,59-,60+/m0/s1. The third-order valence-electron chi connectivity index (χ3n) is 18.2. The number of carbonyl (C=O) groups excluding carboxylic acids is 13. The molecule has 3 aromatic rings. The number of unbranched alkanes of at least 4 members (excludes halogenated alkanes) is 1. The average Bonchev–Trinajstić information content (AvgIpc) is 1.04. The second-order valence-corrected chi connectivity index (χ2v) is 26.8. The SMILES string of the molecule is CC[C@H](C)[C@@H]1NC(=O)[C@H](Cc2ccc(O)cc2)NC(=O)[C@H](CCCCO)NC(=O)[C@@H](CCCN)NC(=O)[C@@H](Cc2ccc(O)cc2)NC(=O)[C@@H]([C@@H](C)O)NC(=O)[C@H](CCC(=O)O)NC(=O)[C@H](C)NC(=O)[C@H](NC(=O)[C@H](Cc2ccc(O)cc2)NC(=O)[C@H](CCC(N)=O)NC(=O)[C@H]2CCCN2)CCCCOC1=O. The number of carboxylic acid groups (broad SMARTS) is 1. The lowest BCUT2D eigenvalue weighted by atomic mass is 9.97. The highest BCUT2D eigenvalue weighted by Gasteiger charge is 2.39. The number of rotatable bonds is 28. The van der Waals surface area contributed by atoms with E-state index in [1.54, 1.807) is 13.8 Å². The fourth-order valence-corrected chi connectivity index (χ4v) is 11.7. The van der Waals surface area contributed by atoms with Gasteiger partial charge in [-0.1, -0.05) is 56.7 Å². The molecule has 3 aromatic carbocycles. The highest BCUT2D eigenvalue weighted by atomic mass is 16.5. The maximum absolute atomic E-state index is 14.8. The van der Waals surface area contributed by atoms with Crippen molar-refractivity contribution in [3.8, 4) is 17.2 Å². The molecular formula is C72H104N14O21. The molecule has 2 heterocycles. The van der Waals surface area contributed by atoms with Crippen molar-refractivity contribution in [3.05, 3.63) is 89.5 Å². The first-order valence-corrected chi connectivity index (χ1v) is 36.0. The molecule has 14 atom stereocenters. The van der Waals surface area contributed by atoms with Gasteiger partial charge in [0.1, 0.15) is 83.7 Å². The zero-order valence-corrected chi connectivity index (χ0v) is 60.5. The van der Waals surface area contributed by atoms with Crippen LogP contribution in [0.1, 0.15) is 141 Å². The number of carboxylic acids is 1. The van der Waals surface area contributed by atoms with Crippen LogP contribution in [0.25, 0.3) is 0 Å². The molecule has 0 spiro atoms. The van der Waals surface area contributed by atoms with Crippen LogP contribution in [0.15, 0.2) is 72.8 Å². The van der Waals surface area contributed by atoms with E-state index in [1.807, 2.05) is 0 Å². The molecule has 107 heavy (non-hydrogen) atoms. The molecule has 0 saturated carbocycles. The number of carbonyl (C=O) groups is 14. The Balaban J connectivity index is 1.60. The van der Waals surface area contributed by atoms with Gasteiger partial charge in [0.05, 0.1) is 18.8 Å². The molecule has 0 radical (unpaired) electrons. The molecule has 2 fully saturated rings. The molecule has 0 unspecified atom stereocenters. The minimum absolute atomic E-state index is 0.00707. The predicted octanol–water partition coefficient (Wildman–Crippen LogP) is -2.88. The molecule has 588 valence electrons. The number of esters is 1. The second-order valence-electron chi connectivity index (χ2n) is 26.8. The van der Waals surface area contributed by atoms with Gasteiger partial charge in [-0.3, -0.25) is 62.3 Å². The van der Waals surface area contributed by atoms with Crippen molar-refractivity contribution in [1.29, 1.82) is 0 Å². The fourth-order valence-electron chi connectivity index (χ4n) is 11.7. The highest BCUT2D eigenvalue weighted by Crippen LogP contribution is 2.19. The Bertz CT molecular complexity index is 3510. The molecule has 22 N–H and O–H groups in total. The Labute approximate surface area is 619 Å². The van der Waals surface area contributed by atoms with E-state index < -0.39 is 180 Å². The lowest BCUT2D eigenvalue weighted by Crippen LogP contribution is -2.62. The first-order valence-electron chi connectivity index (χ1n) is 36.0. The molecule has 5 rings (SSSR count). The van der Waals surface area contributed by atoms with Gasteiger partial charge in [0.25, 0.3) is 0 Å². The highest BCUT2D eigenvalue weighted by molar-refractivity contribution is 6.00. The number of primary amides is 1. The van der Waals surface area contributed by atoms with Crippen molar-refractivity contribution >= 4 is 82.8 Å². The third-order valence-corrected chi connectivity index (χ3v) is 18.2. The van der Waals surface area contributed by atoms with Crippen LogP contribution in [0.5, 0.6) is 17.2 Å². The minimum atomic E-state index is -1.98. The average molecular weight is 1500 g/mol. The van der Waals surface area contributed by atoms with Crippen LogP contribution < -0.4 is 75.3 Å². The van der Waals surface area contributed by atoms with Crippen molar-refractivity contribution in [3.63, 3.8) is 0 Å². The summed E-state index contributed by atoms with van der Waals surface area (Å²) in [6.45, 7) is 5.46. The number of aromatic hydroxyl groups is 3. The fraction of sp³-hybridized carbons (Fsp3) is 0.556. The molecule has 35 nitrogen and oxygen atoms in total. The van der Waals surface area contributed by atoms with E-state index in [0.29, 0.717) is 42.5 Å². The Morgan fingerprint density at radius 3 is 1.59 bits per heavy atom. The second kappa shape index (κ2) is 44.4. The number of phenols is 3. The molecule has 0 aromatic heterocycles. The first kappa shape index (κ1) is 87.1. The lowest BCUT2D eigenvalue weighted by molar-refractivity contribution is -0.150. The van der Waals surface area contributed by atoms with Crippen LogP contribution in [0, 0.1) is 5.92 Å². The number of nitrogens with one attached hydrogen (secondary N) is 12. The van der Waals surface area contributed by atoms with Gasteiger partial charge in [-0.25, -0.2) is 4.79 Å². The molecule has 2 saturated heterocycles. The van der Waals surface area contributed by atoms with Crippen LogP contribution in [-0.4, -0.2) is 218 Å². The topological polar surface area (TPSA) is 566 Å². The van der Waals surface area contributed by atoms with Crippen molar-refractivity contribution in [1.82, 2.24) is 63.8 Å². The van der Waals surface area contributed by atoms with E-state index >= 15 is 0 Å². The van der Waals surface area contributed by atoms with Gasteiger partial charge in [0.2, 0.25) is 70.9 Å². The molecule has 35 heteroatoms. The largest absolute Gasteiger partial charge is 0.508 e. The number of benzene rings is 3. The van der Waals surface area contributed by atoms with Crippen LogP contribution in [0.2, 0.25) is 0 Å². The van der Waals surface area contributed by atoms with E-state index in [-0.39, 0.29) is 120 Å². The van der Waals surface area contributed by atoms with Gasteiger partial charge in [0, 0.05) is 38.7 Å². The van der Waals surface area contributed by atoms with Crippen LogP contribution in [-0.2, 0) is 91.1 Å². The third kappa shape index (κ3) is 29.7. The summed E-state index contributed by atoms with van der Waals surface area (Å²) in [4.78, 5) is 197. The number of aliphatic hydroxyl groups is 2. The maximum Gasteiger partial charge on any atom is 0.328 e. The molecule has 2 aliphatic heterocycles. The van der Waals surface area contributed by atoms with E-state index in [2.05, 4.69) is 63.8 Å². The lowest BCUT2D eigenvalue weighted by Gasteiger charge is -2.29. The normalized spacial score (nSPS) is 23.5. The Morgan fingerprint density at radius 2 is 1.07 bits per heavy atom. The Kier molecular flexibility index (Phi) is 36.2. The molecule has 0 aliphatic carbocycles. The molecule has 2 aliphatic rings. The summed E-state index contributed by atoms with van der Waals surface area (Å²) in [5.74, 6) is -15.2. The molecule has 0 bridgehead atoms. The van der Waals surface area contributed by atoms with Crippen molar-refractivity contribution in [2.75, 3.05) is 26.3 Å². The first-order chi connectivity index (χ1) is 50.9. The van der Waals surface area contributed by atoms with E-state index in [4.69, 9.17) is 16.2 Å². The number of cyclic esters (lactones) is 1. The summed E-state index contributed by atoms with van der Waals surface area (Å²) in [6, 6.07) is -1.83. The zero-order valence-electron chi connectivity index (χ0n) is 60.5. The maximum atomic E-state index is 14.8. The van der Waals surface area contributed by atoms with E-state index in [0.717, 1.165) is 6.92 Å². The summed E-state index contributed by atoms with van der Waals surface area (Å²) in [6.07, 6.45) is -3.78. The number of aliphatic hydroxyl groups excluding tert-OH is 2. The molecular weight excluding hydrogens is 1400 g/mol. The Morgan fingerprint density at radius 1 is 0.561 bits per heavy atom. The zero-order chi connectivity index (χ0) is 78.9. The van der Waals surface area contributed by atoms with E-state index in [9.17, 15) is 97.8 Å². The van der Waals surface area contributed by atoms with Crippen molar-refractivity contribution < 1.29 is 102 Å². The number of hydrogen-bond donors (Lipinski definition) is 20. The van der Waals surface area contributed by atoms with Crippen molar-refractivity contribution in [2.24, 2.45) is 17.4 Å². The number of aliphatic carboxylic acids is 1. The monoisotopic (exact) mass is 1500 g/mol. The minimum Gasteiger partial charge on any atom is -0.508 e. The predicted molar refractivity (Wildman–Crippen MR) is 384 cm³/mol. The van der Waals surface area contributed by atoms with Gasteiger partial charge < -0.3 is 111 Å². The van der Waals surface area contributed by atoms with E-state index in [1.165, 1.54) is 79.7 Å². The number of amides is 12. The summed E-state index contributed by atoms with van der Waals surface area (Å²) < 4.78 is 5.76. The molecule has 12 amide bonds. The van der Waals surface area contributed by atoms with Gasteiger partial charge in [-0.15, -0.1) is 0 Å². The number of phenolic OH excluding ortho intramolecular Hbond substituents is 3. The van der Waals surface area contributed by atoms with Gasteiger partial charge in [-0.2, -0.15) is 0 Å². The summed E-state index contributed by atoms with van der Waals surface area (Å²) >= 11 is 0. The van der Waals surface area contributed by atoms with Gasteiger partial charge in [-0.05, 0) is 163 Å². The van der Waals surface area contributed by atoms with Crippen LogP contribution in [0.4, 0.5) is 0 Å². The Hall–Kier alpha value is -10.5. The van der Waals surface area contributed by atoms with Crippen molar-refractivity contribution in [2.45, 2.75) is 222 Å². The summed E-state index contributed by atoms with van der Waals surface area (Å²) in [7, 11) is 0. The number of hydrogen-bond acceptors (Lipinski definition) is 22.